The van der Waals surface area contributed by atoms with Gasteiger partial charge in [-0.25, -0.2) is 9.59 Å². The Labute approximate surface area is 351 Å². The second-order valence-corrected chi connectivity index (χ2v) is 19.0. The number of nitrogens with one attached hydrogen (secondary N) is 2. The Hall–Kier alpha value is -1.54. The van der Waals surface area contributed by atoms with Gasteiger partial charge in [0, 0.05) is 13.1 Å². The first-order chi connectivity index (χ1) is 27.9. The Balaban J connectivity index is 1.39. The van der Waals surface area contributed by atoms with Crippen molar-refractivity contribution in [2.45, 2.75) is 214 Å². The molecule has 1 aliphatic carbocycles. The van der Waals surface area contributed by atoms with E-state index in [0.717, 1.165) is 49.4 Å². The molecule has 334 valence electrons. The molecular weight excluding hydrogens is 713 g/mol. The minimum absolute atomic E-state index is 0.0418. The molecule has 3 aliphatic rings. The van der Waals surface area contributed by atoms with Gasteiger partial charge >= 0.3 is 12.2 Å². The zero-order valence-corrected chi connectivity index (χ0v) is 37.9. The van der Waals surface area contributed by atoms with E-state index in [1.807, 2.05) is 0 Å². The predicted octanol–water partition coefficient (Wildman–Crippen LogP) is 13.3. The SMILES string of the molecule is CCCCCCCCC1C(CCCCCC)CCC(CCCCCCCCNC(=O)OCC2(CC)COC2)C1CCCCCCCNC(=O)OCC1(CC)COC1. The van der Waals surface area contributed by atoms with Crippen molar-refractivity contribution in [3.05, 3.63) is 0 Å². The van der Waals surface area contributed by atoms with Crippen LogP contribution in [-0.2, 0) is 18.9 Å². The topological polar surface area (TPSA) is 95.1 Å². The van der Waals surface area contributed by atoms with Crippen LogP contribution in [0.2, 0.25) is 0 Å². The average molecular weight is 805 g/mol. The van der Waals surface area contributed by atoms with Gasteiger partial charge in [-0.1, -0.05) is 163 Å². The van der Waals surface area contributed by atoms with Crippen molar-refractivity contribution in [2.75, 3.05) is 52.7 Å². The number of hydrogen-bond donors (Lipinski definition) is 2. The highest BCUT2D eigenvalue weighted by Gasteiger charge is 2.40. The summed E-state index contributed by atoms with van der Waals surface area (Å²) in [5, 5.41) is 5.94. The van der Waals surface area contributed by atoms with Crippen LogP contribution in [0, 0.1) is 34.5 Å². The monoisotopic (exact) mass is 805 g/mol. The van der Waals surface area contributed by atoms with Gasteiger partial charge in [0.1, 0.15) is 13.2 Å². The van der Waals surface area contributed by atoms with Crippen LogP contribution in [0.1, 0.15) is 214 Å². The van der Waals surface area contributed by atoms with E-state index < -0.39 is 0 Å². The molecule has 0 aromatic rings. The lowest BCUT2D eigenvalue weighted by atomic mass is 9.61. The van der Waals surface area contributed by atoms with Gasteiger partial charge in [0.05, 0.1) is 37.3 Å². The van der Waals surface area contributed by atoms with Crippen LogP contribution < -0.4 is 10.6 Å². The van der Waals surface area contributed by atoms with E-state index in [-0.39, 0.29) is 23.0 Å². The Morgan fingerprint density at radius 2 is 0.807 bits per heavy atom. The molecule has 0 spiro atoms. The third-order valence-electron chi connectivity index (χ3n) is 14.4. The molecule has 0 radical (unpaired) electrons. The van der Waals surface area contributed by atoms with E-state index in [4.69, 9.17) is 18.9 Å². The van der Waals surface area contributed by atoms with Crippen molar-refractivity contribution >= 4 is 12.2 Å². The first-order valence-electron chi connectivity index (χ1n) is 24.9. The maximum atomic E-state index is 12.2. The first-order valence-corrected chi connectivity index (χ1v) is 24.9. The van der Waals surface area contributed by atoms with Crippen LogP contribution in [0.3, 0.4) is 0 Å². The van der Waals surface area contributed by atoms with Gasteiger partial charge in [-0.15, -0.1) is 0 Å². The highest BCUT2D eigenvalue weighted by Crippen LogP contribution is 2.48. The fourth-order valence-electron chi connectivity index (χ4n) is 9.92. The van der Waals surface area contributed by atoms with Gasteiger partial charge in [-0.3, -0.25) is 0 Å². The zero-order chi connectivity index (χ0) is 40.9. The minimum atomic E-state index is -0.276. The molecule has 0 aromatic carbocycles. The van der Waals surface area contributed by atoms with Crippen LogP contribution in [-0.4, -0.2) is 64.9 Å². The smallest absolute Gasteiger partial charge is 0.407 e. The molecule has 0 aromatic heterocycles. The van der Waals surface area contributed by atoms with Gasteiger partial charge in [0.25, 0.3) is 0 Å². The van der Waals surface area contributed by atoms with E-state index in [1.54, 1.807) is 0 Å². The van der Waals surface area contributed by atoms with Gasteiger partial charge in [0.15, 0.2) is 0 Å². The summed E-state index contributed by atoms with van der Waals surface area (Å²) in [5.41, 5.74) is 0.0859. The maximum Gasteiger partial charge on any atom is 0.407 e. The van der Waals surface area contributed by atoms with Gasteiger partial charge in [0.2, 0.25) is 0 Å². The molecule has 8 nitrogen and oxygen atoms in total. The van der Waals surface area contributed by atoms with E-state index in [2.05, 4.69) is 38.3 Å². The van der Waals surface area contributed by atoms with E-state index in [0.29, 0.717) is 52.7 Å². The van der Waals surface area contributed by atoms with Crippen LogP contribution in [0.25, 0.3) is 0 Å². The summed E-state index contributed by atoms with van der Waals surface area (Å²) < 4.78 is 21.7. The van der Waals surface area contributed by atoms with E-state index >= 15 is 0 Å². The standard InChI is InChI=1S/C49H92N2O6/c1-5-9-11-13-18-24-30-44-42(28-22-12-10-6-2)32-33-43(29-23-17-14-15-20-26-34-50-46(52)56-40-48(7-3)36-54-37-48)45(44)31-25-19-16-21-27-35-51-47(53)57-41-49(8-4)38-55-39-49/h42-45H,5-41H2,1-4H3,(H,50,52)(H,51,53). The van der Waals surface area contributed by atoms with Crippen LogP contribution in [0.15, 0.2) is 0 Å². The van der Waals surface area contributed by atoms with Crippen molar-refractivity contribution in [3.63, 3.8) is 0 Å². The van der Waals surface area contributed by atoms with Gasteiger partial charge in [-0.05, 0) is 75.0 Å². The molecule has 8 heteroatoms. The lowest BCUT2D eigenvalue weighted by Crippen LogP contribution is -2.46. The molecule has 0 bridgehead atoms. The fourth-order valence-corrected chi connectivity index (χ4v) is 9.92. The molecule has 3 fully saturated rings. The average Bonchev–Trinajstić information content (AvgIpc) is 3.18. The molecule has 4 atom stereocenters. The predicted molar refractivity (Wildman–Crippen MR) is 236 cm³/mol. The summed E-state index contributed by atoms with van der Waals surface area (Å²) in [4.78, 5) is 24.4. The first kappa shape index (κ1) is 49.8. The van der Waals surface area contributed by atoms with Crippen LogP contribution in [0.5, 0.6) is 0 Å². The second-order valence-electron chi connectivity index (χ2n) is 19.0. The highest BCUT2D eigenvalue weighted by atomic mass is 16.6. The Kier molecular flexibility index (Phi) is 26.6. The second kappa shape index (κ2) is 30.5. The molecule has 2 N–H and O–H groups in total. The zero-order valence-electron chi connectivity index (χ0n) is 37.9. The number of carbonyl (C=O) groups is 2. The fraction of sp³-hybridized carbons (Fsp3) is 0.959. The third-order valence-corrected chi connectivity index (χ3v) is 14.4. The van der Waals surface area contributed by atoms with Crippen molar-refractivity contribution in [1.29, 1.82) is 0 Å². The number of rotatable bonds is 35. The van der Waals surface area contributed by atoms with Crippen LogP contribution >= 0.6 is 0 Å². The van der Waals surface area contributed by atoms with Crippen molar-refractivity contribution in [2.24, 2.45) is 34.5 Å². The molecule has 2 heterocycles. The lowest BCUT2D eigenvalue weighted by molar-refractivity contribution is -0.138. The van der Waals surface area contributed by atoms with Crippen molar-refractivity contribution < 1.29 is 28.5 Å². The Bertz CT molecular complexity index is 1000. The molecule has 3 rings (SSSR count). The van der Waals surface area contributed by atoms with E-state index in [1.165, 1.54) is 161 Å². The van der Waals surface area contributed by atoms with E-state index in [9.17, 15) is 9.59 Å². The molecule has 2 saturated heterocycles. The number of amides is 2. The number of hydrogen-bond acceptors (Lipinski definition) is 6. The molecule has 2 amide bonds. The summed E-state index contributed by atoms with van der Waals surface area (Å²) in [6.07, 6.45) is 37.8. The van der Waals surface area contributed by atoms with Crippen molar-refractivity contribution in [1.82, 2.24) is 10.6 Å². The lowest BCUT2D eigenvalue weighted by Gasteiger charge is -2.44. The quantitative estimate of drug-likeness (QED) is 0.0620. The largest absolute Gasteiger partial charge is 0.449 e. The molecule has 1 saturated carbocycles. The number of alkyl carbamates (subject to hydrolysis) is 2. The Morgan fingerprint density at radius 3 is 1.16 bits per heavy atom. The summed E-state index contributed by atoms with van der Waals surface area (Å²) in [6.45, 7) is 14.1. The van der Waals surface area contributed by atoms with Crippen molar-refractivity contribution in [3.8, 4) is 0 Å². The molecular formula is C49H92N2O6. The molecule has 57 heavy (non-hydrogen) atoms. The maximum absolute atomic E-state index is 12.2. The van der Waals surface area contributed by atoms with Gasteiger partial charge < -0.3 is 29.6 Å². The third kappa shape index (κ3) is 20.0. The summed E-state index contributed by atoms with van der Waals surface area (Å²) in [5.74, 6) is 3.69. The normalized spacial score (nSPS) is 22.3. The molecule has 4 unspecified atom stereocenters. The summed E-state index contributed by atoms with van der Waals surface area (Å²) in [6, 6.07) is 0. The minimum Gasteiger partial charge on any atom is -0.449 e. The number of carbonyl (C=O) groups excluding carboxylic acids is 2. The van der Waals surface area contributed by atoms with Crippen LogP contribution in [0.4, 0.5) is 9.59 Å². The summed E-state index contributed by atoms with van der Waals surface area (Å²) in [7, 11) is 0. The number of unbranched alkanes of at least 4 members (excludes halogenated alkanes) is 17. The highest BCUT2D eigenvalue weighted by molar-refractivity contribution is 5.67. The molecule has 2 aliphatic heterocycles. The number of ether oxygens (including phenoxy) is 4. The van der Waals surface area contributed by atoms with Gasteiger partial charge in [-0.2, -0.15) is 0 Å². The Morgan fingerprint density at radius 1 is 0.474 bits per heavy atom. The summed E-state index contributed by atoms with van der Waals surface area (Å²) >= 11 is 0.